The first-order valence-corrected chi connectivity index (χ1v) is 8.38. The highest BCUT2D eigenvalue weighted by Crippen LogP contribution is 2.34. The van der Waals surface area contributed by atoms with Crippen LogP contribution < -0.4 is 5.32 Å². The molecule has 0 bridgehead atoms. The highest BCUT2D eigenvalue weighted by Gasteiger charge is 2.35. The molecule has 1 fully saturated rings. The Morgan fingerprint density at radius 2 is 1.96 bits per heavy atom. The third-order valence-electron chi connectivity index (χ3n) is 4.59. The normalized spacial score (nSPS) is 16.6. The lowest BCUT2D eigenvalue weighted by Crippen LogP contribution is -2.36. The smallest absolute Gasteiger partial charge is 0.225 e. The fourth-order valence-corrected chi connectivity index (χ4v) is 3.17. The number of carbonyl (C=O) groups excluding carboxylic acids is 2. The van der Waals surface area contributed by atoms with Gasteiger partial charge in [0.25, 0.3) is 0 Å². The van der Waals surface area contributed by atoms with Crippen molar-refractivity contribution in [3.63, 3.8) is 0 Å². The van der Waals surface area contributed by atoms with Gasteiger partial charge in [-0.25, -0.2) is 0 Å². The van der Waals surface area contributed by atoms with Crippen LogP contribution in [-0.4, -0.2) is 23.3 Å². The number of nitrogens with zero attached hydrogens (tertiary/aromatic N) is 1. The van der Waals surface area contributed by atoms with Gasteiger partial charge in [-0.1, -0.05) is 0 Å². The van der Waals surface area contributed by atoms with Gasteiger partial charge in [-0.2, -0.15) is 0 Å². The SMILES string of the molecule is CC(=O)Nc1ccc(-c2cc3c(o2)CCN(C(=O)C2CC2)C3)cc1. The van der Waals surface area contributed by atoms with Gasteiger partial charge < -0.3 is 14.6 Å². The lowest BCUT2D eigenvalue weighted by Gasteiger charge is -2.26. The quantitative estimate of drug-likeness (QED) is 0.943. The molecular weight excluding hydrogens is 304 g/mol. The molecule has 0 atom stereocenters. The van der Waals surface area contributed by atoms with Crippen LogP contribution in [0.25, 0.3) is 11.3 Å². The van der Waals surface area contributed by atoms with Crippen LogP contribution in [0.1, 0.15) is 31.1 Å². The van der Waals surface area contributed by atoms with E-state index in [1.54, 1.807) is 0 Å². The Morgan fingerprint density at radius 1 is 1.21 bits per heavy atom. The zero-order valence-corrected chi connectivity index (χ0v) is 13.7. The Morgan fingerprint density at radius 3 is 2.62 bits per heavy atom. The Bertz CT molecular complexity index is 787. The summed E-state index contributed by atoms with van der Waals surface area (Å²) in [5, 5.41) is 2.75. The van der Waals surface area contributed by atoms with E-state index in [4.69, 9.17) is 4.42 Å². The second-order valence-corrected chi connectivity index (χ2v) is 6.60. The second kappa shape index (κ2) is 5.82. The molecule has 24 heavy (non-hydrogen) atoms. The first-order valence-electron chi connectivity index (χ1n) is 8.38. The van der Waals surface area contributed by atoms with Gasteiger partial charge in [-0.05, 0) is 43.2 Å². The minimum atomic E-state index is -0.0865. The molecule has 0 unspecified atom stereocenters. The first-order chi connectivity index (χ1) is 11.6. The largest absolute Gasteiger partial charge is 0.461 e. The summed E-state index contributed by atoms with van der Waals surface area (Å²) >= 11 is 0. The third-order valence-corrected chi connectivity index (χ3v) is 4.59. The van der Waals surface area contributed by atoms with Crippen molar-refractivity contribution in [3.05, 3.63) is 41.7 Å². The molecule has 4 rings (SSSR count). The monoisotopic (exact) mass is 324 g/mol. The molecule has 1 aromatic carbocycles. The van der Waals surface area contributed by atoms with Crippen LogP contribution in [0.15, 0.2) is 34.7 Å². The molecule has 2 aromatic rings. The van der Waals surface area contributed by atoms with Crippen molar-refractivity contribution in [1.82, 2.24) is 4.90 Å². The van der Waals surface area contributed by atoms with E-state index in [0.29, 0.717) is 12.5 Å². The molecule has 0 spiro atoms. The van der Waals surface area contributed by atoms with Gasteiger partial charge in [-0.3, -0.25) is 9.59 Å². The van der Waals surface area contributed by atoms with E-state index in [1.165, 1.54) is 6.92 Å². The molecule has 1 aromatic heterocycles. The van der Waals surface area contributed by atoms with Gasteiger partial charge in [0.05, 0.1) is 0 Å². The van der Waals surface area contributed by atoms with E-state index in [9.17, 15) is 9.59 Å². The number of rotatable bonds is 3. The van der Waals surface area contributed by atoms with Crippen LogP contribution in [0, 0.1) is 5.92 Å². The summed E-state index contributed by atoms with van der Waals surface area (Å²) in [6.07, 6.45) is 2.86. The van der Waals surface area contributed by atoms with E-state index in [0.717, 1.165) is 54.1 Å². The van der Waals surface area contributed by atoms with Crippen molar-refractivity contribution in [1.29, 1.82) is 0 Å². The second-order valence-electron chi connectivity index (χ2n) is 6.60. The van der Waals surface area contributed by atoms with Crippen molar-refractivity contribution in [2.24, 2.45) is 5.92 Å². The molecule has 1 saturated carbocycles. The number of hydrogen-bond acceptors (Lipinski definition) is 3. The molecule has 1 aliphatic heterocycles. The zero-order chi connectivity index (χ0) is 16.7. The zero-order valence-electron chi connectivity index (χ0n) is 13.7. The molecule has 1 N–H and O–H groups in total. The molecule has 2 aliphatic rings. The van der Waals surface area contributed by atoms with E-state index in [2.05, 4.69) is 5.32 Å². The summed E-state index contributed by atoms with van der Waals surface area (Å²) < 4.78 is 5.99. The Labute approximate surface area is 140 Å². The molecule has 5 nitrogen and oxygen atoms in total. The minimum Gasteiger partial charge on any atom is -0.461 e. The number of furan rings is 1. The number of carbonyl (C=O) groups is 2. The molecule has 1 aliphatic carbocycles. The maximum Gasteiger partial charge on any atom is 0.225 e. The van der Waals surface area contributed by atoms with E-state index in [1.807, 2.05) is 35.2 Å². The lowest BCUT2D eigenvalue weighted by molar-refractivity contribution is -0.133. The molecule has 2 heterocycles. The average Bonchev–Trinajstić information content (AvgIpc) is 3.33. The van der Waals surface area contributed by atoms with Crippen molar-refractivity contribution in [3.8, 4) is 11.3 Å². The topological polar surface area (TPSA) is 62.6 Å². The van der Waals surface area contributed by atoms with Gasteiger partial charge in [-0.15, -0.1) is 0 Å². The Hall–Kier alpha value is -2.56. The van der Waals surface area contributed by atoms with E-state index < -0.39 is 0 Å². The average molecular weight is 324 g/mol. The maximum absolute atomic E-state index is 12.2. The van der Waals surface area contributed by atoms with E-state index >= 15 is 0 Å². The molecule has 0 radical (unpaired) electrons. The number of benzene rings is 1. The van der Waals surface area contributed by atoms with Crippen LogP contribution in [0.3, 0.4) is 0 Å². The Kier molecular flexibility index (Phi) is 3.63. The number of fused-ring (bicyclic) bond motifs is 1. The van der Waals surface area contributed by atoms with Crippen molar-refractivity contribution >= 4 is 17.5 Å². The molecular formula is C19H20N2O3. The number of amides is 2. The summed E-state index contributed by atoms with van der Waals surface area (Å²) in [5.74, 6) is 2.27. The Balaban J connectivity index is 1.52. The third kappa shape index (κ3) is 2.94. The van der Waals surface area contributed by atoms with Crippen molar-refractivity contribution in [2.75, 3.05) is 11.9 Å². The molecule has 2 amide bonds. The van der Waals surface area contributed by atoms with Gasteiger partial charge >= 0.3 is 0 Å². The fraction of sp³-hybridized carbons (Fsp3) is 0.368. The van der Waals surface area contributed by atoms with Crippen molar-refractivity contribution in [2.45, 2.75) is 32.7 Å². The van der Waals surface area contributed by atoms with Gasteiger partial charge in [0, 0.05) is 49.2 Å². The number of anilines is 1. The van der Waals surface area contributed by atoms with Crippen LogP contribution >= 0.6 is 0 Å². The summed E-state index contributed by atoms with van der Waals surface area (Å²) in [7, 11) is 0. The first kappa shape index (κ1) is 15.0. The fourth-order valence-electron chi connectivity index (χ4n) is 3.17. The van der Waals surface area contributed by atoms with E-state index in [-0.39, 0.29) is 11.8 Å². The number of hydrogen-bond donors (Lipinski definition) is 1. The van der Waals surface area contributed by atoms with Crippen LogP contribution in [0.5, 0.6) is 0 Å². The standard InChI is InChI=1S/C19H20N2O3/c1-12(22)20-16-6-4-13(5-7-16)18-10-15-11-21(9-8-17(15)24-18)19(23)14-2-3-14/h4-7,10,14H,2-3,8-9,11H2,1H3,(H,20,22). The number of nitrogens with one attached hydrogen (secondary N) is 1. The maximum atomic E-state index is 12.2. The van der Waals surface area contributed by atoms with Gasteiger partial charge in [0.2, 0.25) is 11.8 Å². The molecule has 124 valence electrons. The minimum absolute atomic E-state index is 0.0865. The lowest BCUT2D eigenvalue weighted by atomic mass is 10.1. The summed E-state index contributed by atoms with van der Waals surface area (Å²) in [6, 6.07) is 9.63. The predicted octanol–water partition coefficient (Wildman–Crippen LogP) is 3.20. The van der Waals surface area contributed by atoms with Crippen LogP contribution in [-0.2, 0) is 22.6 Å². The summed E-state index contributed by atoms with van der Waals surface area (Å²) in [4.78, 5) is 25.3. The highest BCUT2D eigenvalue weighted by molar-refractivity contribution is 5.88. The van der Waals surface area contributed by atoms with Crippen LogP contribution in [0.4, 0.5) is 5.69 Å². The van der Waals surface area contributed by atoms with Gasteiger partial charge in [0.1, 0.15) is 11.5 Å². The molecule has 0 saturated heterocycles. The summed E-state index contributed by atoms with van der Waals surface area (Å²) in [6.45, 7) is 2.89. The highest BCUT2D eigenvalue weighted by atomic mass is 16.3. The van der Waals surface area contributed by atoms with Crippen LogP contribution in [0.2, 0.25) is 0 Å². The predicted molar refractivity (Wildman–Crippen MR) is 90.3 cm³/mol. The molecule has 5 heteroatoms. The van der Waals surface area contributed by atoms with Gasteiger partial charge in [0.15, 0.2) is 0 Å². The summed E-state index contributed by atoms with van der Waals surface area (Å²) in [5.41, 5.74) is 2.85. The van der Waals surface area contributed by atoms with Crippen molar-refractivity contribution < 1.29 is 14.0 Å².